The van der Waals surface area contributed by atoms with E-state index in [2.05, 4.69) is 10.2 Å². The van der Waals surface area contributed by atoms with Gasteiger partial charge in [0.1, 0.15) is 24.6 Å². The molecule has 3 N–H and O–H groups in total. The van der Waals surface area contributed by atoms with Crippen LogP contribution in [0.15, 0.2) is 42.5 Å². The lowest BCUT2D eigenvalue weighted by Gasteiger charge is -2.62. The summed E-state index contributed by atoms with van der Waals surface area (Å²) in [4.78, 5) is 43.8. The number of nitrogens with zero attached hydrogens (tertiary/aromatic N) is 2. The molecule has 1 amide bonds. The number of ether oxygens (including phenoxy) is 5. The molecule has 0 radical (unpaired) electrons. The average Bonchev–Trinajstić information content (AvgIpc) is 3.63. The summed E-state index contributed by atoms with van der Waals surface area (Å²) in [5.74, 6) is -0.0115. The number of nitrogens with one attached hydrogen (secondary N) is 1. The number of carbonyl (C=O) groups is 3. The maximum atomic E-state index is 13.8. The molecule has 0 saturated carbocycles. The van der Waals surface area contributed by atoms with E-state index >= 15 is 0 Å². The average molecular weight is 744 g/mol. The van der Waals surface area contributed by atoms with Crippen molar-refractivity contribution in [1.29, 1.82) is 0 Å². The van der Waals surface area contributed by atoms with Crippen LogP contribution in [0.4, 0.5) is 0 Å². The number of benzene rings is 3. The van der Waals surface area contributed by atoms with Crippen LogP contribution in [-0.4, -0.2) is 95.5 Å². The summed E-state index contributed by atoms with van der Waals surface area (Å²) >= 11 is 1.37. The molecule has 3 aromatic carbocycles. The zero-order chi connectivity index (χ0) is 37.3. The fourth-order valence-electron chi connectivity index (χ4n) is 8.83. The van der Waals surface area contributed by atoms with Crippen LogP contribution in [0.5, 0.6) is 28.7 Å². The van der Waals surface area contributed by atoms with E-state index in [9.17, 15) is 24.6 Å². The van der Waals surface area contributed by atoms with Gasteiger partial charge in [-0.15, -0.1) is 11.8 Å². The summed E-state index contributed by atoms with van der Waals surface area (Å²) in [7, 11) is 3.45. The Morgan fingerprint density at radius 1 is 1.06 bits per heavy atom. The standard InChI is InChI=1S/C39H41N3O10S/c1-18-13-22-14-24-38(46)42-25-15-49-39(47)23(40-26(44)12-11-21-9-7-6-8-10-21)16-53-37(31(42)30(41(24)4)27(22)32(45)33(18)48-5)29-28(25)36-35(50-17-51-36)19(2)34(29)52-20(3)43/h6-13,23-25,30-31,37-38,45-46H,14-17H2,1-5H3,(H,40,44)/b12-11+/t23-,24-,25-,30-,31?,37+,38-/m0/s1. The molecular formula is C39H41N3O10S. The van der Waals surface area contributed by atoms with Crippen LogP contribution in [0.2, 0.25) is 0 Å². The van der Waals surface area contributed by atoms with Crippen LogP contribution in [0, 0.1) is 13.8 Å². The summed E-state index contributed by atoms with van der Waals surface area (Å²) in [5, 5.41) is 26.5. The van der Waals surface area contributed by atoms with E-state index in [1.54, 1.807) is 13.0 Å². The molecule has 14 heteroatoms. The van der Waals surface area contributed by atoms with Gasteiger partial charge in [0.25, 0.3) is 0 Å². The molecular weight excluding hydrogens is 703 g/mol. The Labute approximate surface area is 310 Å². The predicted octanol–water partition coefficient (Wildman–Crippen LogP) is 3.86. The van der Waals surface area contributed by atoms with E-state index in [4.69, 9.17) is 23.7 Å². The summed E-state index contributed by atoms with van der Waals surface area (Å²) in [6.07, 6.45) is 2.44. The van der Waals surface area contributed by atoms with Crippen molar-refractivity contribution in [2.24, 2.45) is 0 Å². The number of aliphatic hydroxyl groups excluding tert-OH is 1. The first-order chi connectivity index (χ1) is 25.5. The van der Waals surface area contributed by atoms with Crippen molar-refractivity contribution >= 4 is 35.7 Å². The van der Waals surface area contributed by atoms with Crippen LogP contribution in [0.25, 0.3) is 6.08 Å². The van der Waals surface area contributed by atoms with Crippen LogP contribution in [-0.2, 0) is 25.5 Å². The molecule has 4 bridgehead atoms. The number of phenolic OH excluding ortho intramolecular Hbond substituents is 1. The number of likely N-dealkylation sites (N-methyl/N-ethyl adjacent to an activating group) is 1. The monoisotopic (exact) mass is 743 g/mol. The number of methoxy groups -OCH3 is 1. The quantitative estimate of drug-likeness (QED) is 0.197. The number of amides is 1. The van der Waals surface area contributed by atoms with E-state index in [-0.39, 0.29) is 24.9 Å². The second-order valence-electron chi connectivity index (χ2n) is 14.0. The normalized spacial score (nSPS) is 27.4. The predicted molar refractivity (Wildman–Crippen MR) is 194 cm³/mol. The van der Waals surface area contributed by atoms with Gasteiger partial charge in [0.15, 0.2) is 23.0 Å². The SMILES string of the molecule is COc1c(C)cc2c(c1O)[C@H]1C3[C@@H]4SC[C@H](NC(=O)/C=C/c5ccccc5)C(=O)OC[C@@H](c5c6c(c(C)c(OC(C)=O)c54)OCO6)N3[C@@H](O)[C@H](C2)N1C. The number of rotatable bonds is 5. The molecule has 0 aliphatic carbocycles. The fraction of sp³-hybridized carbons (Fsp3) is 0.410. The van der Waals surface area contributed by atoms with Gasteiger partial charge in [0.05, 0.1) is 30.5 Å². The number of phenols is 1. The number of hydrogen-bond donors (Lipinski definition) is 3. The molecule has 6 heterocycles. The number of piperazine rings is 1. The molecule has 53 heavy (non-hydrogen) atoms. The van der Waals surface area contributed by atoms with Gasteiger partial charge in [-0.3, -0.25) is 19.4 Å². The van der Waals surface area contributed by atoms with Gasteiger partial charge < -0.3 is 39.2 Å². The number of fused-ring (bicyclic) bond motifs is 10. The van der Waals surface area contributed by atoms with Gasteiger partial charge in [0, 0.05) is 47.0 Å². The Balaban J connectivity index is 1.30. The summed E-state index contributed by atoms with van der Waals surface area (Å²) in [6, 6.07) is 8.05. The van der Waals surface area contributed by atoms with Crippen LogP contribution >= 0.6 is 11.8 Å². The second kappa shape index (κ2) is 13.6. The zero-order valence-corrected chi connectivity index (χ0v) is 30.8. The van der Waals surface area contributed by atoms with Gasteiger partial charge in [0.2, 0.25) is 12.7 Å². The molecule has 2 fully saturated rings. The highest BCUT2D eigenvalue weighted by molar-refractivity contribution is 7.99. The van der Waals surface area contributed by atoms with Crippen molar-refractivity contribution in [3.05, 3.63) is 81.4 Å². The molecule has 13 nitrogen and oxygen atoms in total. The van der Waals surface area contributed by atoms with Gasteiger partial charge in [-0.1, -0.05) is 36.4 Å². The smallest absolute Gasteiger partial charge is 0.329 e. The maximum absolute atomic E-state index is 13.8. The molecule has 6 aliphatic heterocycles. The number of thioether (sulfide) groups is 1. The third-order valence-corrected chi connectivity index (χ3v) is 12.4. The van der Waals surface area contributed by atoms with Gasteiger partial charge in [-0.05, 0) is 50.1 Å². The van der Waals surface area contributed by atoms with Crippen molar-refractivity contribution in [3.63, 3.8) is 0 Å². The van der Waals surface area contributed by atoms with Gasteiger partial charge in [-0.2, -0.15) is 0 Å². The third-order valence-electron chi connectivity index (χ3n) is 11.0. The van der Waals surface area contributed by atoms with E-state index in [0.717, 1.165) is 16.7 Å². The van der Waals surface area contributed by atoms with Crippen LogP contribution in [0.1, 0.15) is 63.2 Å². The zero-order valence-electron chi connectivity index (χ0n) is 30.0. The van der Waals surface area contributed by atoms with Crippen molar-refractivity contribution in [2.45, 2.75) is 68.9 Å². The molecule has 3 aromatic rings. The molecule has 278 valence electrons. The largest absolute Gasteiger partial charge is 0.504 e. The first-order valence-electron chi connectivity index (χ1n) is 17.5. The summed E-state index contributed by atoms with van der Waals surface area (Å²) in [6.45, 7) is 4.72. The Morgan fingerprint density at radius 2 is 1.81 bits per heavy atom. The minimum Gasteiger partial charge on any atom is -0.504 e. The summed E-state index contributed by atoms with van der Waals surface area (Å²) < 4.78 is 29.8. The first-order valence-corrected chi connectivity index (χ1v) is 18.6. The highest BCUT2D eigenvalue weighted by Gasteiger charge is 2.60. The number of carbonyl (C=O) groups excluding carboxylic acids is 3. The number of hydrogen-bond acceptors (Lipinski definition) is 13. The first kappa shape index (κ1) is 35.3. The minimum absolute atomic E-state index is 0.0242. The Morgan fingerprint density at radius 3 is 2.55 bits per heavy atom. The molecule has 0 aromatic heterocycles. The van der Waals surface area contributed by atoms with E-state index in [1.807, 2.05) is 55.3 Å². The lowest BCUT2D eigenvalue weighted by molar-refractivity contribution is -0.184. The van der Waals surface area contributed by atoms with Crippen molar-refractivity contribution in [2.75, 3.05) is 33.3 Å². The molecule has 0 spiro atoms. The molecule has 9 rings (SSSR count). The topological polar surface area (TPSA) is 156 Å². The van der Waals surface area contributed by atoms with Crippen molar-refractivity contribution in [3.8, 4) is 28.7 Å². The van der Waals surface area contributed by atoms with E-state index in [0.29, 0.717) is 51.7 Å². The number of esters is 2. The number of aliphatic hydroxyl groups is 1. The number of aryl methyl sites for hydroxylation is 1. The van der Waals surface area contributed by atoms with Crippen LogP contribution in [0.3, 0.4) is 0 Å². The Bertz CT molecular complexity index is 2040. The van der Waals surface area contributed by atoms with Gasteiger partial charge in [-0.25, -0.2) is 4.79 Å². The highest BCUT2D eigenvalue weighted by Crippen LogP contribution is 2.63. The highest BCUT2D eigenvalue weighted by atomic mass is 32.2. The van der Waals surface area contributed by atoms with Gasteiger partial charge >= 0.3 is 11.9 Å². The number of aromatic hydroxyl groups is 1. The Hall–Kier alpha value is -4.76. The minimum atomic E-state index is -1.05. The molecule has 6 aliphatic rings. The third kappa shape index (κ3) is 5.70. The fourth-order valence-corrected chi connectivity index (χ4v) is 10.3. The second-order valence-corrected chi connectivity index (χ2v) is 15.2. The van der Waals surface area contributed by atoms with E-state index in [1.165, 1.54) is 31.9 Å². The molecule has 7 atom stereocenters. The van der Waals surface area contributed by atoms with Crippen molar-refractivity contribution in [1.82, 2.24) is 15.1 Å². The molecule has 2 saturated heterocycles. The van der Waals surface area contributed by atoms with E-state index < -0.39 is 59.5 Å². The van der Waals surface area contributed by atoms with Crippen molar-refractivity contribution < 1.29 is 48.3 Å². The summed E-state index contributed by atoms with van der Waals surface area (Å²) in [5.41, 5.74) is 5.00. The maximum Gasteiger partial charge on any atom is 0.329 e. The van der Waals surface area contributed by atoms with Crippen LogP contribution < -0.4 is 24.3 Å². The lowest BCUT2D eigenvalue weighted by Crippen LogP contribution is -2.69. The molecule has 1 unspecified atom stereocenters. The lowest BCUT2D eigenvalue weighted by atomic mass is 9.73. The Kier molecular flexibility index (Phi) is 9.04.